The minimum absolute atomic E-state index is 0. The lowest BCUT2D eigenvalue weighted by Gasteiger charge is -2.31. The van der Waals surface area contributed by atoms with Crippen molar-refractivity contribution >= 4 is 18.3 Å². The minimum atomic E-state index is 0. The summed E-state index contributed by atoms with van der Waals surface area (Å²) < 4.78 is 0. The quantitative estimate of drug-likeness (QED) is 0.895. The Hall–Kier alpha value is -1.06. The van der Waals surface area contributed by atoms with Crippen molar-refractivity contribution < 1.29 is 4.79 Å². The zero-order chi connectivity index (χ0) is 13.0. The number of rotatable bonds is 3. The monoisotopic (exact) mass is 282 g/mol. The number of carbonyl (C=O) groups is 1. The zero-order valence-electron chi connectivity index (χ0n) is 11.4. The lowest BCUT2D eigenvalue weighted by atomic mass is 9.84. The summed E-state index contributed by atoms with van der Waals surface area (Å²) in [5, 5.41) is 3.14. The van der Waals surface area contributed by atoms with Crippen LogP contribution in [0.3, 0.4) is 0 Å². The lowest BCUT2D eigenvalue weighted by Crippen LogP contribution is -2.44. The third-order valence-electron chi connectivity index (χ3n) is 3.81. The van der Waals surface area contributed by atoms with Crippen LogP contribution in [0.25, 0.3) is 0 Å². The lowest BCUT2D eigenvalue weighted by molar-refractivity contribution is 0.0908. The Kier molecular flexibility index (Phi) is 6.32. The van der Waals surface area contributed by atoms with Crippen molar-refractivity contribution in [1.82, 2.24) is 5.32 Å². The normalized spacial score (nSPS) is 22.4. The molecule has 0 spiro atoms. The van der Waals surface area contributed by atoms with Gasteiger partial charge in [0.1, 0.15) is 0 Å². The number of hydrogen-bond donors (Lipinski definition) is 2. The van der Waals surface area contributed by atoms with Gasteiger partial charge in [0.05, 0.1) is 0 Å². The summed E-state index contributed by atoms with van der Waals surface area (Å²) in [6.45, 7) is 2.67. The molecule has 1 aromatic carbocycles. The highest BCUT2D eigenvalue weighted by Crippen LogP contribution is 2.23. The predicted octanol–water partition coefficient (Wildman–Crippen LogP) is 2.66. The summed E-state index contributed by atoms with van der Waals surface area (Å²) in [5.74, 6) is 0.469. The molecule has 3 nitrogen and oxygen atoms in total. The summed E-state index contributed by atoms with van der Waals surface area (Å²) in [6.07, 6.45) is 4.61. The van der Waals surface area contributed by atoms with Crippen LogP contribution in [0.2, 0.25) is 0 Å². The van der Waals surface area contributed by atoms with E-state index in [1.54, 1.807) is 0 Å². The molecule has 0 radical (unpaired) electrons. The van der Waals surface area contributed by atoms with Crippen molar-refractivity contribution in [2.45, 2.75) is 38.6 Å². The molecular weight excluding hydrogens is 260 g/mol. The first-order chi connectivity index (χ1) is 8.70. The van der Waals surface area contributed by atoms with Gasteiger partial charge in [-0.3, -0.25) is 4.79 Å². The van der Waals surface area contributed by atoms with Gasteiger partial charge in [-0.25, -0.2) is 0 Å². The molecule has 3 N–H and O–H groups in total. The fourth-order valence-electron chi connectivity index (χ4n) is 2.72. The van der Waals surface area contributed by atoms with Gasteiger partial charge in [0.25, 0.3) is 5.91 Å². The highest BCUT2D eigenvalue weighted by molar-refractivity contribution is 5.94. The smallest absolute Gasteiger partial charge is 0.251 e. The summed E-state index contributed by atoms with van der Waals surface area (Å²) in [7, 11) is 0. The Morgan fingerprint density at radius 1 is 1.37 bits per heavy atom. The number of carbonyl (C=O) groups excluding carboxylic acids is 1. The Balaban J connectivity index is 0.00000180. The van der Waals surface area contributed by atoms with Gasteiger partial charge in [0.15, 0.2) is 0 Å². The summed E-state index contributed by atoms with van der Waals surface area (Å²) in [6, 6.07) is 7.96. The standard InChI is InChI=1S/C15H22N2O.ClH/c1-11-5-4-7-12(9-11)15(18)17-14-8-3-2-6-13(14)10-16;/h4-5,7,9,13-14H,2-3,6,8,10,16H2,1H3,(H,17,18);1H. The van der Waals surface area contributed by atoms with E-state index < -0.39 is 0 Å². The molecule has 1 aliphatic carbocycles. The average molecular weight is 283 g/mol. The molecule has 2 unspecified atom stereocenters. The fourth-order valence-corrected chi connectivity index (χ4v) is 2.72. The summed E-state index contributed by atoms with van der Waals surface area (Å²) in [4.78, 5) is 12.2. The van der Waals surface area contributed by atoms with E-state index in [1.807, 2.05) is 31.2 Å². The number of aryl methyl sites for hydroxylation is 1. The Morgan fingerprint density at radius 2 is 2.11 bits per heavy atom. The number of hydrogen-bond acceptors (Lipinski definition) is 2. The summed E-state index contributed by atoms with van der Waals surface area (Å²) in [5.41, 5.74) is 7.64. The minimum Gasteiger partial charge on any atom is -0.349 e. The predicted molar refractivity (Wildman–Crippen MR) is 80.7 cm³/mol. The van der Waals surface area contributed by atoms with Gasteiger partial charge in [-0.2, -0.15) is 0 Å². The van der Waals surface area contributed by atoms with E-state index in [9.17, 15) is 4.79 Å². The number of nitrogens with two attached hydrogens (primary N) is 1. The molecule has 19 heavy (non-hydrogen) atoms. The van der Waals surface area contributed by atoms with Crippen molar-refractivity contribution in [2.75, 3.05) is 6.54 Å². The maximum atomic E-state index is 12.2. The first-order valence-corrected chi connectivity index (χ1v) is 6.78. The van der Waals surface area contributed by atoms with Crippen LogP contribution < -0.4 is 11.1 Å². The van der Waals surface area contributed by atoms with Crippen LogP contribution in [-0.2, 0) is 0 Å². The van der Waals surface area contributed by atoms with Gasteiger partial charge < -0.3 is 11.1 Å². The molecule has 1 aromatic rings. The van der Waals surface area contributed by atoms with E-state index in [4.69, 9.17) is 5.73 Å². The number of halogens is 1. The zero-order valence-corrected chi connectivity index (χ0v) is 12.2. The molecule has 0 heterocycles. The van der Waals surface area contributed by atoms with Crippen LogP contribution in [-0.4, -0.2) is 18.5 Å². The van der Waals surface area contributed by atoms with E-state index in [1.165, 1.54) is 12.8 Å². The SMILES string of the molecule is Cc1cccc(C(=O)NC2CCCCC2CN)c1.Cl. The van der Waals surface area contributed by atoms with E-state index in [-0.39, 0.29) is 24.4 Å². The first-order valence-electron chi connectivity index (χ1n) is 6.78. The van der Waals surface area contributed by atoms with Gasteiger partial charge >= 0.3 is 0 Å². The second kappa shape index (κ2) is 7.51. The van der Waals surface area contributed by atoms with Gasteiger partial charge in [0, 0.05) is 11.6 Å². The summed E-state index contributed by atoms with van der Waals surface area (Å²) >= 11 is 0. The second-order valence-corrected chi connectivity index (χ2v) is 5.23. The number of benzene rings is 1. The maximum Gasteiger partial charge on any atom is 0.251 e. The van der Waals surface area contributed by atoms with Gasteiger partial charge in [-0.15, -0.1) is 12.4 Å². The molecule has 2 rings (SSSR count). The molecule has 2 atom stereocenters. The molecule has 1 saturated carbocycles. The van der Waals surface area contributed by atoms with Crippen LogP contribution in [0, 0.1) is 12.8 Å². The van der Waals surface area contributed by atoms with E-state index in [0.29, 0.717) is 12.5 Å². The third kappa shape index (κ3) is 4.22. The van der Waals surface area contributed by atoms with Crippen molar-refractivity contribution in [3.05, 3.63) is 35.4 Å². The van der Waals surface area contributed by atoms with Crippen molar-refractivity contribution in [1.29, 1.82) is 0 Å². The highest BCUT2D eigenvalue weighted by atomic mass is 35.5. The van der Waals surface area contributed by atoms with E-state index in [0.717, 1.165) is 24.0 Å². The van der Waals surface area contributed by atoms with Crippen LogP contribution in [0.5, 0.6) is 0 Å². The number of nitrogens with one attached hydrogen (secondary N) is 1. The Labute approximate surface area is 121 Å². The molecule has 1 fully saturated rings. The third-order valence-corrected chi connectivity index (χ3v) is 3.81. The van der Waals surface area contributed by atoms with Crippen LogP contribution in [0.15, 0.2) is 24.3 Å². The molecule has 0 aliphatic heterocycles. The van der Waals surface area contributed by atoms with Crippen molar-refractivity contribution in [3.63, 3.8) is 0 Å². The molecule has 0 bridgehead atoms. The van der Waals surface area contributed by atoms with Crippen LogP contribution in [0.1, 0.15) is 41.6 Å². The van der Waals surface area contributed by atoms with Gasteiger partial charge in [-0.1, -0.05) is 30.5 Å². The largest absolute Gasteiger partial charge is 0.349 e. The molecular formula is C15H23ClN2O. The molecule has 1 aliphatic rings. The van der Waals surface area contributed by atoms with Crippen LogP contribution in [0.4, 0.5) is 0 Å². The average Bonchev–Trinajstić information content (AvgIpc) is 2.39. The Bertz CT molecular complexity index is 422. The topological polar surface area (TPSA) is 55.1 Å². The van der Waals surface area contributed by atoms with Crippen molar-refractivity contribution in [2.24, 2.45) is 11.7 Å². The first kappa shape index (κ1) is 16.0. The number of amides is 1. The Morgan fingerprint density at radius 3 is 2.79 bits per heavy atom. The molecule has 106 valence electrons. The van der Waals surface area contributed by atoms with Gasteiger partial charge in [0.2, 0.25) is 0 Å². The second-order valence-electron chi connectivity index (χ2n) is 5.23. The molecule has 1 amide bonds. The molecule has 0 saturated heterocycles. The van der Waals surface area contributed by atoms with Gasteiger partial charge in [-0.05, 0) is 44.4 Å². The molecule has 4 heteroatoms. The van der Waals surface area contributed by atoms with Crippen molar-refractivity contribution in [3.8, 4) is 0 Å². The maximum absolute atomic E-state index is 12.2. The molecule has 0 aromatic heterocycles. The van der Waals surface area contributed by atoms with E-state index >= 15 is 0 Å². The van der Waals surface area contributed by atoms with E-state index in [2.05, 4.69) is 5.32 Å². The fraction of sp³-hybridized carbons (Fsp3) is 0.533. The van der Waals surface area contributed by atoms with Crippen LogP contribution >= 0.6 is 12.4 Å². The highest BCUT2D eigenvalue weighted by Gasteiger charge is 2.25.